The number of rotatable bonds is 5. The van der Waals surface area contributed by atoms with Gasteiger partial charge in [-0.05, 0) is 26.3 Å². The maximum Gasteiger partial charge on any atom is 0.435 e. The van der Waals surface area contributed by atoms with Gasteiger partial charge in [0.25, 0.3) is 6.43 Å². The third-order valence-corrected chi connectivity index (χ3v) is 7.12. The van der Waals surface area contributed by atoms with Crippen LogP contribution in [0.3, 0.4) is 0 Å². The number of pyridine rings is 1. The summed E-state index contributed by atoms with van der Waals surface area (Å²) in [4.78, 5) is 19.3. The summed E-state index contributed by atoms with van der Waals surface area (Å²) in [7, 11) is 0. The Balaban J connectivity index is 1.57. The van der Waals surface area contributed by atoms with Crippen LogP contribution in [0.4, 0.5) is 37.8 Å². The number of halogens is 6. The van der Waals surface area contributed by atoms with Gasteiger partial charge in [-0.1, -0.05) is 18.2 Å². The zero-order chi connectivity index (χ0) is 27.4. The van der Waals surface area contributed by atoms with E-state index in [9.17, 15) is 31.1 Å². The molecular weight excluding hydrogens is 514 g/mol. The van der Waals surface area contributed by atoms with Crippen LogP contribution in [0.1, 0.15) is 54.7 Å². The Morgan fingerprint density at radius 3 is 2.58 bits per heavy atom. The number of piperazine rings is 1. The van der Waals surface area contributed by atoms with Crippen LogP contribution in [0.5, 0.6) is 0 Å². The number of aryl methyl sites for hydroxylation is 1. The van der Waals surface area contributed by atoms with E-state index < -0.39 is 35.7 Å². The van der Waals surface area contributed by atoms with E-state index in [1.807, 2.05) is 0 Å². The minimum Gasteiger partial charge on any atom is -0.366 e. The van der Waals surface area contributed by atoms with Gasteiger partial charge in [0, 0.05) is 43.0 Å². The molecule has 2 aromatic heterocycles. The van der Waals surface area contributed by atoms with Crippen LogP contribution in [0.15, 0.2) is 24.3 Å². The number of carbonyl (C=O) groups excluding carboxylic acids is 1. The van der Waals surface area contributed by atoms with Crippen LogP contribution in [0, 0.1) is 12.7 Å². The van der Waals surface area contributed by atoms with Crippen molar-refractivity contribution >= 4 is 28.3 Å². The van der Waals surface area contributed by atoms with E-state index in [0.717, 1.165) is 6.07 Å². The Labute approximate surface area is 213 Å². The Morgan fingerprint density at radius 2 is 1.87 bits per heavy atom. The average Bonchev–Trinajstić information content (AvgIpc) is 3.24. The fourth-order valence-electron chi connectivity index (χ4n) is 5.18. The second-order valence-corrected chi connectivity index (χ2v) is 9.53. The second-order valence-electron chi connectivity index (χ2n) is 9.53. The average molecular weight is 538 g/mol. The molecule has 2 aliphatic rings. The minimum atomic E-state index is -4.76. The van der Waals surface area contributed by atoms with E-state index >= 15 is 0 Å². The summed E-state index contributed by atoms with van der Waals surface area (Å²) in [5.74, 6) is -1.04. The predicted octanol–water partition coefficient (Wildman–Crippen LogP) is 5.41. The number of amides is 1. The highest BCUT2D eigenvalue weighted by molar-refractivity contribution is 5.93. The van der Waals surface area contributed by atoms with Gasteiger partial charge in [0.15, 0.2) is 11.5 Å². The lowest BCUT2D eigenvalue weighted by Crippen LogP contribution is -2.52. The normalized spacial score (nSPS) is 18.9. The maximum absolute atomic E-state index is 14.8. The summed E-state index contributed by atoms with van der Waals surface area (Å²) >= 11 is 0. The molecule has 2 saturated heterocycles. The number of hydrogen-bond acceptors (Lipinski definition) is 6. The first kappa shape index (κ1) is 26.0. The first-order valence-corrected chi connectivity index (χ1v) is 12.1. The number of carbonyl (C=O) groups is 1. The van der Waals surface area contributed by atoms with Gasteiger partial charge in [0.2, 0.25) is 5.91 Å². The lowest BCUT2D eigenvalue weighted by atomic mass is 10.0. The molecule has 1 aromatic carbocycles. The Morgan fingerprint density at radius 1 is 1.13 bits per heavy atom. The fraction of sp³-hybridized carbons (Fsp3) is 0.440. The number of nitrogens with one attached hydrogen (secondary N) is 1. The van der Waals surface area contributed by atoms with Crippen molar-refractivity contribution in [3.8, 4) is 0 Å². The van der Waals surface area contributed by atoms with Gasteiger partial charge in [-0.25, -0.2) is 18.2 Å². The maximum atomic E-state index is 14.8. The third-order valence-electron chi connectivity index (χ3n) is 7.12. The van der Waals surface area contributed by atoms with Gasteiger partial charge in [-0.3, -0.25) is 4.79 Å². The highest BCUT2D eigenvalue weighted by Gasteiger charge is 2.41. The number of anilines is 2. The Hall–Kier alpha value is -3.64. The largest absolute Gasteiger partial charge is 0.435 e. The molecule has 2 fully saturated rings. The molecule has 2 atom stereocenters. The van der Waals surface area contributed by atoms with Gasteiger partial charge in [0.1, 0.15) is 5.82 Å². The van der Waals surface area contributed by atoms with Crippen LogP contribution >= 0.6 is 0 Å². The van der Waals surface area contributed by atoms with Gasteiger partial charge in [-0.2, -0.15) is 18.3 Å². The first-order chi connectivity index (χ1) is 18.0. The number of nitrogens with zero attached hydrogens (tertiary/aromatic N) is 5. The molecule has 0 spiro atoms. The lowest BCUT2D eigenvalue weighted by molar-refractivity contribution is -0.140. The molecule has 0 radical (unpaired) electrons. The van der Waals surface area contributed by atoms with E-state index in [4.69, 9.17) is 0 Å². The molecule has 13 heteroatoms. The van der Waals surface area contributed by atoms with Gasteiger partial charge in [0.05, 0.1) is 28.5 Å². The third kappa shape index (κ3) is 4.58. The molecule has 0 saturated carbocycles. The molecule has 3 aromatic rings. The molecule has 0 unspecified atom stereocenters. The summed E-state index contributed by atoms with van der Waals surface area (Å²) in [6.07, 6.45) is -6.84. The number of hydrogen-bond donors (Lipinski definition) is 1. The van der Waals surface area contributed by atoms with Crippen molar-refractivity contribution in [1.29, 1.82) is 0 Å². The number of fused-ring (bicyclic) bond motifs is 2. The highest BCUT2D eigenvalue weighted by atomic mass is 19.4. The van der Waals surface area contributed by atoms with E-state index in [2.05, 4.69) is 20.5 Å². The number of aromatic nitrogens is 3. The summed E-state index contributed by atoms with van der Waals surface area (Å²) in [5.41, 5.74) is -1.92. The Kier molecular flexibility index (Phi) is 6.56. The molecule has 0 aliphatic carbocycles. The van der Waals surface area contributed by atoms with Gasteiger partial charge in [-0.15, -0.1) is 5.10 Å². The monoisotopic (exact) mass is 538 g/mol. The number of benzene rings is 1. The summed E-state index contributed by atoms with van der Waals surface area (Å²) in [6.45, 7) is 3.72. The van der Waals surface area contributed by atoms with Crippen LogP contribution in [0.2, 0.25) is 0 Å². The van der Waals surface area contributed by atoms with E-state index in [0.29, 0.717) is 19.4 Å². The zero-order valence-corrected chi connectivity index (χ0v) is 20.5. The summed E-state index contributed by atoms with van der Waals surface area (Å²) in [5, 5.41) is 11.1. The lowest BCUT2D eigenvalue weighted by Gasteiger charge is -2.39. The highest BCUT2D eigenvalue weighted by Crippen LogP contribution is 2.40. The van der Waals surface area contributed by atoms with E-state index in [1.165, 1.54) is 32.0 Å². The molecule has 5 rings (SSSR count). The van der Waals surface area contributed by atoms with Crippen molar-refractivity contribution in [2.75, 3.05) is 29.9 Å². The predicted molar refractivity (Wildman–Crippen MR) is 127 cm³/mol. The molecular formula is C25H24F6N6O. The van der Waals surface area contributed by atoms with Crippen molar-refractivity contribution in [1.82, 2.24) is 20.1 Å². The van der Waals surface area contributed by atoms with Gasteiger partial charge < -0.3 is 15.1 Å². The van der Waals surface area contributed by atoms with Crippen LogP contribution in [-0.4, -0.2) is 51.7 Å². The molecule has 4 heterocycles. The zero-order valence-electron chi connectivity index (χ0n) is 20.5. The second kappa shape index (κ2) is 9.59. The first-order valence-electron chi connectivity index (χ1n) is 12.1. The molecule has 0 bridgehead atoms. The molecule has 1 amide bonds. The van der Waals surface area contributed by atoms with Crippen LogP contribution in [-0.2, 0) is 11.0 Å². The van der Waals surface area contributed by atoms with Crippen molar-refractivity contribution in [2.45, 2.75) is 51.4 Å². The van der Waals surface area contributed by atoms with Crippen LogP contribution in [0.25, 0.3) is 10.9 Å². The standard InChI is InChI=1S/C25H24F6N6O/c1-12(15-4-3-5-16(20(15)26)23(27)28)32-24-17-10-18(36-8-9-37-14(11-36)6-7-19(37)38)22(25(29,30)31)33-21(17)13(2)34-35-24/h3-5,10,12,14,23H,6-9,11H2,1-2H3,(H,32,35)/t12-,14-/m1/s1. The SMILES string of the molecule is Cc1nnc(N[C@H](C)c2cccc(C(F)F)c2F)c2cc(N3CCN4C(=O)CC[C@@H]4C3)c(C(F)(F)F)nc12. The molecule has 2 aliphatic heterocycles. The van der Waals surface area contributed by atoms with Crippen molar-refractivity contribution in [2.24, 2.45) is 0 Å². The van der Waals surface area contributed by atoms with Crippen molar-refractivity contribution in [3.63, 3.8) is 0 Å². The smallest absolute Gasteiger partial charge is 0.366 e. The topological polar surface area (TPSA) is 74.2 Å². The van der Waals surface area contributed by atoms with Crippen molar-refractivity contribution in [3.05, 3.63) is 52.6 Å². The minimum absolute atomic E-state index is 0.00292. The van der Waals surface area contributed by atoms with E-state index in [-0.39, 0.29) is 58.7 Å². The molecule has 38 heavy (non-hydrogen) atoms. The summed E-state index contributed by atoms with van der Waals surface area (Å²) < 4.78 is 83.6. The van der Waals surface area contributed by atoms with Crippen molar-refractivity contribution < 1.29 is 31.1 Å². The molecule has 1 N–H and O–H groups in total. The van der Waals surface area contributed by atoms with Crippen LogP contribution < -0.4 is 10.2 Å². The van der Waals surface area contributed by atoms with Gasteiger partial charge >= 0.3 is 6.18 Å². The quantitative estimate of drug-likeness (QED) is 0.438. The molecule has 202 valence electrons. The molecule has 7 nitrogen and oxygen atoms in total. The van der Waals surface area contributed by atoms with E-state index in [1.54, 1.807) is 9.80 Å². The summed E-state index contributed by atoms with van der Waals surface area (Å²) in [6, 6.07) is 3.92. The number of alkyl halides is 5. The fourth-order valence-corrected chi connectivity index (χ4v) is 5.18. The Bertz CT molecular complexity index is 1400.